The van der Waals surface area contributed by atoms with Crippen LogP contribution in [0.3, 0.4) is 0 Å². The molecule has 5 heteroatoms. The summed E-state index contributed by atoms with van der Waals surface area (Å²) in [6.45, 7) is 5.05. The second-order valence-corrected chi connectivity index (χ2v) is 4.48. The lowest BCUT2D eigenvalue weighted by molar-refractivity contribution is 0.510. The summed E-state index contributed by atoms with van der Waals surface area (Å²) in [5, 5.41) is 7.80. The lowest BCUT2D eigenvalue weighted by Crippen LogP contribution is -2.26. The summed E-state index contributed by atoms with van der Waals surface area (Å²) >= 11 is 0. The third-order valence-electron chi connectivity index (χ3n) is 2.94. The Hall–Kier alpha value is -1.91. The number of hydrogen-bond acceptors (Lipinski definition) is 4. The highest BCUT2D eigenvalue weighted by molar-refractivity contribution is 5.51. The molecule has 1 aliphatic rings. The first-order chi connectivity index (χ1) is 8.22. The minimum absolute atomic E-state index is 0.463. The van der Waals surface area contributed by atoms with Gasteiger partial charge < -0.3 is 5.32 Å². The van der Waals surface area contributed by atoms with Crippen molar-refractivity contribution in [2.75, 3.05) is 5.32 Å². The van der Waals surface area contributed by atoms with E-state index >= 15 is 0 Å². The molecule has 2 aromatic heterocycles. The van der Waals surface area contributed by atoms with Crippen LogP contribution in [0.4, 0.5) is 5.95 Å². The molecule has 17 heavy (non-hydrogen) atoms. The average Bonchev–Trinajstić information content (AvgIpc) is 2.72. The van der Waals surface area contributed by atoms with Gasteiger partial charge in [-0.05, 0) is 32.4 Å². The highest BCUT2D eigenvalue weighted by Gasteiger charge is 2.18. The van der Waals surface area contributed by atoms with Crippen molar-refractivity contribution in [2.45, 2.75) is 32.9 Å². The zero-order chi connectivity index (χ0) is 11.8. The van der Waals surface area contributed by atoms with Gasteiger partial charge in [0.05, 0.1) is 0 Å². The van der Waals surface area contributed by atoms with Crippen LogP contribution >= 0.6 is 0 Å². The Morgan fingerprint density at radius 3 is 3.06 bits per heavy atom. The zero-order valence-electron chi connectivity index (χ0n) is 10.0. The van der Waals surface area contributed by atoms with E-state index in [1.807, 2.05) is 29.8 Å². The first kappa shape index (κ1) is 10.3. The number of aryl methyl sites for hydroxylation is 2. The number of aromatic nitrogens is 4. The fraction of sp³-hybridized carbons (Fsp3) is 0.417. The highest BCUT2D eigenvalue weighted by atomic mass is 15.4. The largest absolute Gasteiger partial charge is 0.352 e. The third-order valence-corrected chi connectivity index (χ3v) is 2.94. The van der Waals surface area contributed by atoms with Crippen LogP contribution in [0.1, 0.15) is 19.0 Å². The van der Waals surface area contributed by atoms with E-state index in [4.69, 9.17) is 0 Å². The van der Waals surface area contributed by atoms with Crippen molar-refractivity contribution in [1.82, 2.24) is 19.7 Å². The lowest BCUT2D eigenvalue weighted by Gasteiger charge is -2.20. The fourth-order valence-electron chi connectivity index (χ4n) is 1.99. The summed E-state index contributed by atoms with van der Waals surface area (Å²) in [7, 11) is 0. The maximum Gasteiger partial charge on any atom is 0.221 e. The molecular weight excluding hydrogens is 214 g/mol. The van der Waals surface area contributed by atoms with Crippen molar-refractivity contribution in [3.63, 3.8) is 0 Å². The van der Waals surface area contributed by atoms with Gasteiger partial charge in [-0.1, -0.05) is 6.07 Å². The molecule has 0 saturated carbocycles. The van der Waals surface area contributed by atoms with Crippen molar-refractivity contribution in [3.05, 3.63) is 23.9 Å². The van der Waals surface area contributed by atoms with Gasteiger partial charge in [-0.25, -0.2) is 9.67 Å². The van der Waals surface area contributed by atoms with Gasteiger partial charge in [0.2, 0.25) is 11.8 Å². The molecule has 1 N–H and O–H groups in total. The van der Waals surface area contributed by atoms with Crippen molar-refractivity contribution in [2.24, 2.45) is 0 Å². The summed E-state index contributed by atoms with van der Waals surface area (Å²) in [4.78, 5) is 8.93. The molecule has 1 atom stereocenters. The number of anilines is 1. The van der Waals surface area contributed by atoms with E-state index in [1.165, 1.54) is 0 Å². The first-order valence-electron chi connectivity index (χ1n) is 5.88. The fourth-order valence-corrected chi connectivity index (χ4v) is 1.99. The molecule has 1 aliphatic heterocycles. The van der Waals surface area contributed by atoms with Crippen LogP contribution in [0.25, 0.3) is 11.5 Å². The number of nitrogens with one attached hydrogen (secondary N) is 1. The quantitative estimate of drug-likeness (QED) is 0.810. The lowest BCUT2D eigenvalue weighted by atomic mass is 10.2. The van der Waals surface area contributed by atoms with E-state index < -0.39 is 0 Å². The molecule has 3 rings (SSSR count). The van der Waals surface area contributed by atoms with Crippen molar-refractivity contribution in [1.29, 1.82) is 0 Å². The summed E-state index contributed by atoms with van der Waals surface area (Å²) < 4.78 is 1.92. The van der Waals surface area contributed by atoms with Gasteiger partial charge in [0.25, 0.3) is 0 Å². The molecule has 3 heterocycles. The zero-order valence-corrected chi connectivity index (χ0v) is 10.0. The van der Waals surface area contributed by atoms with Gasteiger partial charge in [-0.3, -0.25) is 0 Å². The Morgan fingerprint density at radius 1 is 1.35 bits per heavy atom. The molecule has 2 aromatic rings. The van der Waals surface area contributed by atoms with Crippen molar-refractivity contribution < 1.29 is 0 Å². The Kier molecular flexibility index (Phi) is 2.31. The summed E-state index contributed by atoms with van der Waals surface area (Å²) in [6, 6.07) is 6.36. The summed E-state index contributed by atoms with van der Waals surface area (Å²) in [5.74, 6) is 1.55. The predicted octanol–water partition coefficient (Wildman–Crippen LogP) is 1.85. The average molecular weight is 229 g/mol. The smallest absolute Gasteiger partial charge is 0.221 e. The first-order valence-corrected chi connectivity index (χ1v) is 5.88. The third kappa shape index (κ3) is 1.88. The topological polar surface area (TPSA) is 55.6 Å². The van der Waals surface area contributed by atoms with Gasteiger partial charge >= 0.3 is 0 Å². The monoisotopic (exact) mass is 229 g/mol. The Balaban J connectivity index is 2.00. The summed E-state index contributed by atoms with van der Waals surface area (Å²) in [6.07, 6.45) is 1.08. The minimum atomic E-state index is 0.463. The molecule has 0 fully saturated rings. The van der Waals surface area contributed by atoms with E-state index in [2.05, 4.69) is 27.3 Å². The molecule has 0 aromatic carbocycles. The Morgan fingerprint density at radius 2 is 2.24 bits per heavy atom. The molecule has 0 saturated heterocycles. The maximum atomic E-state index is 4.49. The minimum Gasteiger partial charge on any atom is -0.352 e. The second-order valence-electron chi connectivity index (χ2n) is 4.48. The molecule has 0 bridgehead atoms. The Bertz CT molecular complexity index is 546. The molecule has 0 spiro atoms. The maximum absolute atomic E-state index is 4.49. The number of nitrogens with zero attached hydrogens (tertiary/aromatic N) is 4. The highest BCUT2D eigenvalue weighted by Crippen LogP contribution is 2.20. The van der Waals surface area contributed by atoms with Gasteiger partial charge in [0.15, 0.2) is 0 Å². The van der Waals surface area contributed by atoms with E-state index in [-0.39, 0.29) is 0 Å². The number of pyridine rings is 1. The van der Waals surface area contributed by atoms with Gasteiger partial charge in [-0.2, -0.15) is 4.98 Å². The molecule has 0 radical (unpaired) electrons. The van der Waals surface area contributed by atoms with Gasteiger partial charge in [-0.15, -0.1) is 5.10 Å². The molecule has 0 amide bonds. The van der Waals surface area contributed by atoms with E-state index in [1.54, 1.807) is 0 Å². The Labute approximate surface area is 99.9 Å². The van der Waals surface area contributed by atoms with Crippen molar-refractivity contribution in [3.8, 4) is 11.5 Å². The van der Waals surface area contributed by atoms with Crippen LogP contribution in [0.2, 0.25) is 0 Å². The number of fused-ring (bicyclic) bond motifs is 1. The molecule has 88 valence electrons. The van der Waals surface area contributed by atoms with Crippen LogP contribution in [-0.4, -0.2) is 25.8 Å². The predicted molar refractivity (Wildman–Crippen MR) is 65.7 cm³/mol. The van der Waals surface area contributed by atoms with Crippen LogP contribution in [-0.2, 0) is 6.54 Å². The van der Waals surface area contributed by atoms with Gasteiger partial charge in [0.1, 0.15) is 5.69 Å². The molecule has 1 unspecified atom stereocenters. The van der Waals surface area contributed by atoms with Crippen LogP contribution in [0.5, 0.6) is 0 Å². The van der Waals surface area contributed by atoms with Crippen molar-refractivity contribution >= 4 is 5.95 Å². The normalized spacial score (nSPS) is 18.6. The van der Waals surface area contributed by atoms with E-state index in [9.17, 15) is 0 Å². The van der Waals surface area contributed by atoms with E-state index in [0.29, 0.717) is 11.9 Å². The SMILES string of the molecule is Cc1cccc(-c2nc3n(n2)CCC(C)N3)n1. The molecule has 0 aliphatic carbocycles. The number of hydrogen-bond donors (Lipinski definition) is 1. The molecule has 5 nitrogen and oxygen atoms in total. The number of rotatable bonds is 1. The van der Waals surface area contributed by atoms with Crippen LogP contribution in [0.15, 0.2) is 18.2 Å². The standard InChI is InChI=1S/C12H15N5/c1-8-4-3-5-10(13-8)11-15-12-14-9(2)6-7-17(12)16-11/h3-5,9H,6-7H2,1-2H3,(H,14,15,16). The van der Waals surface area contributed by atoms with Gasteiger partial charge in [0, 0.05) is 18.3 Å². The van der Waals surface area contributed by atoms with Crippen LogP contribution in [0, 0.1) is 6.92 Å². The second kappa shape index (κ2) is 3.84. The molecular formula is C12H15N5. The van der Waals surface area contributed by atoms with E-state index in [0.717, 1.165) is 30.3 Å². The van der Waals surface area contributed by atoms with Crippen LogP contribution < -0.4 is 5.32 Å². The summed E-state index contributed by atoms with van der Waals surface area (Å²) in [5.41, 5.74) is 1.82.